The van der Waals surface area contributed by atoms with Gasteiger partial charge in [0.05, 0.1) is 14.8 Å². The van der Waals surface area contributed by atoms with Crippen molar-refractivity contribution in [3.63, 3.8) is 0 Å². The Morgan fingerprint density at radius 3 is 2.55 bits per heavy atom. The number of halogens is 1. The van der Waals surface area contributed by atoms with Crippen LogP contribution in [0.15, 0.2) is 17.0 Å². The third-order valence-corrected chi connectivity index (χ3v) is 4.47. The molecule has 1 aromatic rings. The summed E-state index contributed by atoms with van der Waals surface area (Å²) in [6.45, 7) is 4.75. The zero-order valence-corrected chi connectivity index (χ0v) is 12.7. The Morgan fingerprint density at radius 2 is 2.00 bits per heavy atom. The lowest BCUT2D eigenvalue weighted by atomic mass is 10.2. The molecule has 0 fully saturated rings. The minimum atomic E-state index is -3.81. The standard InChI is InChI=1S/C11H16ClN3O4S/c1-3-13-4-5-14-20(18,19)9-6-10(12)8(2)11(7-9)15(16)17/h6-7,13-14H,3-5H2,1-2H3. The number of nitrogens with one attached hydrogen (secondary N) is 2. The first kappa shape index (κ1) is 16.8. The molecule has 0 saturated carbocycles. The largest absolute Gasteiger partial charge is 0.316 e. The zero-order valence-electron chi connectivity index (χ0n) is 11.1. The number of hydrogen-bond donors (Lipinski definition) is 2. The first-order chi connectivity index (χ1) is 9.29. The van der Waals surface area contributed by atoms with Crippen molar-refractivity contribution in [2.45, 2.75) is 18.7 Å². The molecule has 7 nitrogen and oxygen atoms in total. The zero-order chi connectivity index (χ0) is 15.3. The van der Waals surface area contributed by atoms with Crippen LogP contribution in [0.1, 0.15) is 12.5 Å². The number of likely N-dealkylation sites (N-methyl/N-ethyl adjacent to an activating group) is 1. The normalized spacial score (nSPS) is 11.6. The highest BCUT2D eigenvalue weighted by molar-refractivity contribution is 7.89. The summed E-state index contributed by atoms with van der Waals surface area (Å²) in [6.07, 6.45) is 0. The van der Waals surface area contributed by atoms with E-state index in [1.807, 2.05) is 6.92 Å². The molecule has 0 saturated heterocycles. The fourth-order valence-corrected chi connectivity index (χ4v) is 2.88. The van der Waals surface area contributed by atoms with E-state index in [1.54, 1.807) is 0 Å². The summed E-state index contributed by atoms with van der Waals surface area (Å²) in [5, 5.41) is 13.9. The van der Waals surface area contributed by atoms with Crippen molar-refractivity contribution in [2.75, 3.05) is 19.6 Å². The Labute approximate surface area is 122 Å². The summed E-state index contributed by atoms with van der Waals surface area (Å²) in [5.74, 6) is 0. The van der Waals surface area contributed by atoms with Crippen LogP contribution in [0.4, 0.5) is 5.69 Å². The lowest BCUT2D eigenvalue weighted by Crippen LogP contribution is -2.31. The topological polar surface area (TPSA) is 101 Å². The number of nitrogens with zero attached hydrogens (tertiary/aromatic N) is 1. The van der Waals surface area contributed by atoms with Crippen LogP contribution in [0.25, 0.3) is 0 Å². The van der Waals surface area contributed by atoms with Gasteiger partial charge in [0.25, 0.3) is 5.69 Å². The van der Waals surface area contributed by atoms with Crippen LogP contribution in [-0.2, 0) is 10.0 Å². The van der Waals surface area contributed by atoms with Gasteiger partial charge in [-0.25, -0.2) is 13.1 Å². The SMILES string of the molecule is CCNCCNS(=O)(=O)c1cc(Cl)c(C)c([N+](=O)[O-])c1. The molecule has 1 aromatic carbocycles. The average Bonchev–Trinajstić information content (AvgIpc) is 2.37. The van der Waals surface area contributed by atoms with Gasteiger partial charge in [0, 0.05) is 24.7 Å². The van der Waals surface area contributed by atoms with Gasteiger partial charge in [0.15, 0.2) is 0 Å². The smallest absolute Gasteiger partial charge is 0.275 e. The summed E-state index contributed by atoms with van der Waals surface area (Å²) < 4.78 is 26.4. The van der Waals surface area contributed by atoms with Crippen molar-refractivity contribution in [3.8, 4) is 0 Å². The molecule has 9 heteroatoms. The molecule has 20 heavy (non-hydrogen) atoms. The summed E-state index contributed by atoms with van der Waals surface area (Å²) in [5.41, 5.74) is -0.0761. The third-order valence-electron chi connectivity index (χ3n) is 2.64. The monoisotopic (exact) mass is 321 g/mol. The van der Waals surface area contributed by atoms with Gasteiger partial charge in [-0.15, -0.1) is 0 Å². The lowest BCUT2D eigenvalue weighted by Gasteiger charge is -2.08. The van der Waals surface area contributed by atoms with Gasteiger partial charge in [-0.05, 0) is 19.5 Å². The summed E-state index contributed by atoms with van der Waals surface area (Å²) in [4.78, 5) is 10.0. The summed E-state index contributed by atoms with van der Waals surface area (Å²) in [6, 6.07) is 2.22. The first-order valence-corrected chi connectivity index (χ1v) is 7.80. The third kappa shape index (κ3) is 4.14. The molecule has 0 spiro atoms. The Kier molecular flexibility index (Phi) is 5.88. The number of nitro groups is 1. The highest BCUT2D eigenvalue weighted by Crippen LogP contribution is 2.29. The van der Waals surface area contributed by atoms with Crippen molar-refractivity contribution in [1.82, 2.24) is 10.0 Å². The molecule has 0 aromatic heterocycles. The number of hydrogen-bond acceptors (Lipinski definition) is 5. The van der Waals surface area contributed by atoms with E-state index in [0.29, 0.717) is 6.54 Å². The highest BCUT2D eigenvalue weighted by Gasteiger charge is 2.22. The molecule has 0 radical (unpaired) electrons. The molecular weight excluding hydrogens is 306 g/mol. The highest BCUT2D eigenvalue weighted by atomic mass is 35.5. The quantitative estimate of drug-likeness (QED) is 0.449. The average molecular weight is 322 g/mol. The first-order valence-electron chi connectivity index (χ1n) is 5.94. The lowest BCUT2D eigenvalue weighted by molar-refractivity contribution is -0.385. The van der Waals surface area contributed by atoms with E-state index in [4.69, 9.17) is 11.6 Å². The van der Waals surface area contributed by atoms with E-state index in [0.717, 1.165) is 12.6 Å². The number of benzene rings is 1. The maximum absolute atomic E-state index is 12.0. The van der Waals surface area contributed by atoms with Crippen LogP contribution in [0.2, 0.25) is 5.02 Å². The van der Waals surface area contributed by atoms with Crippen molar-refractivity contribution in [2.24, 2.45) is 0 Å². The molecule has 0 aliphatic heterocycles. The molecule has 0 unspecified atom stereocenters. The predicted octanol–water partition coefficient (Wildman–Crippen LogP) is 1.44. The van der Waals surface area contributed by atoms with Crippen LogP contribution < -0.4 is 10.0 Å². The Hall–Kier alpha value is -1.22. The Morgan fingerprint density at radius 1 is 1.35 bits per heavy atom. The Balaban J connectivity index is 3.04. The van der Waals surface area contributed by atoms with Crippen molar-refractivity contribution >= 4 is 27.3 Å². The molecular formula is C11H16ClN3O4S. The van der Waals surface area contributed by atoms with E-state index >= 15 is 0 Å². The van der Waals surface area contributed by atoms with Gasteiger partial charge < -0.3 is 5.32 Å². The van der Waals surface area contributed by atoms with E-state index in [-0.39, 0.29) is 27.7 Å². The van der Waals surface area contributed by atoms with Crippen molar-refractivity contribution in [1.29, 1.82) is 0 Å². The second-order valence-electron chi connectivity index (χ2n) is 4.06. The molecule has 2 N–H and O–H groups in total. The number of rotatable bonds is 7. The maximum atomic E-state index is 12.0. The maximum Gasteiger partial charge on any atom is 0.275 e. The van der Waals surface area contributed by atoms with Crippen LogP contribution in [-0.4, -0.2) is 33.0 Å². The van der Waals surface area contributed by atoms with Crippen molar-refractivity contribution in [3.05, 3.63) is 32.8 Å². The van der Waals surface area contributed by atoms with Crippen LogP contribution in [0.3, 0.4) is 0 Å². The fourth-order valence-electron chi connectivity index (χ4n) is 1.52. The molecule has 0 atom stereocenters. The van der Waals surface area contributed by atoms with Gasteiger partial charge in [-0.1, -0.05) is 18.5 Å². The van der Waals surface area contributed by atoms with Crippen LogP contribution >= 0.6 is 11.6 Å². The fraction of sp³-hybridized carbons (Fsp3) is 0.455. The van der Waals surface area contributed by atoms with Gasteiger partial charge in [-0.2, -0.15) is 0 Å². The second kappa shape index (κ2) is 6.98. The summed E-state index contributed by atoms with van der Waals surface area (Å²) in [7, 11) is -3.81. The van der Waals surface area contributed by atoms with E-state index < -0.39 is 14.9 Å². The minimum Gasteiger partial charge on any atom is -0.316 e. The van der Waals surface area contributed by atoms with Gasteiger partial charge in [0.1, 0.15) is 0 Å². The predicted molar refractivity (Wildman–Crippen MR) is 76.6 cm³/mol. The van der Waals surface area contributed by atoms with Crippen molar-refractivity contribution < 1.29 is 13.3 Å². The molecule has 0 heterocycles. The minimum absolute atomic E-state index is 0.0475. The molecule has 0 bridgehead atoms. The molecule has 1 rings (SSSR count). The Bertz CT molecular complexity index is 604. The molecule has 0 aliphatic rings. The van der Waals surface area contributed by atoms with Crippen LogP contribution in [0.5, 0.6) is 0 Å². The summed E-state index contributed by atoms with van der Waals surface area (Å²) >= 11 is 5.84. The molecule has 0 amide bonds. The second-order valence-corrected chi connectivity index (χ2v) is 6.23. The molecule has 0 aliphatic carbocycles. The van der Waals surface area contributed by atoms with E-state index in [2.05, 4.69) is 10.0 Å². The van der Waals surface area contributed by atoms with E-state index in [9.17, 15) is 18.5 Å². The van der Waals surface area contributed by atoms with Gasteiger partial charge >= 0.3 is 0 Å². The van der Waals surface area contributed by atoms with Crippen LogP contribution in [0, 0.1) is 17.0 Å². The number of sulfonamides is 1. The number of nitro benzene ring substituents is 1. The van der Waals surface area contributed by atoms with E-state index in [1.165, 1.54) is 13.0 Å². The molecule has 112 valence electrons. The van der Waals surface area contributed by atoms with Gasteiger partial charge in [0.2, 0.25) is 10.0 Å². The van der Waals surface area contributed by atoms with Gasteiger partial charge in [-0.3, -0.25) is 10.1 Å².